The summed E-state index contributed by atoms with van der Waals surface area (Å²) in [7, 11) is -5.18. The Morgan fingerprint density at radius 3 is 2.07 bits per heavy atom. The van der Waals surface area contributed by atoms with Gasteiger partial charge < -0.3 is 5.32 Å². The molecule has 1 N–H and O–H groups in total. The highest BCUT2D eigenvalue weighted by atomic mass is 32.2. The molecule has 6 nitrogen and oxygen atoms in total. The Balaban J connectivity index is 2.58. The van der Waals surface area contributed by atoms with Crippen molar-refractivity contribution < 1.29 is 16.8 Å². The summed E-state index contributed by atoms with van der Waals surface area (Å²) in [6, 6.07) is -0.0328. The fraction of sp³-hybridized carbons (Fsp3) is 1.00. The molecule has 0 saturated carbocycles. The Kier molecular flexibility index (Phi) is 3.75. The molecule has 0 spiro atoms. The molecule has 0 bridgehead atoms. The lowest BCUT2D eigenvalue weighted by atomic mass is 10.2. The highest BCUT2D eigenvalue weighted by molar-refractivity contribution is 7.93. The van der Waals surface area contributed by atoms with Crippen LogP contribution in [-0.4, -0.2) is 65.1 Å². The second-order valence-electron chi connectivity index (χ2n) is 3.77. The Morgan fingerprint density at radius 2 is 1.73 bits per heavy atom. The number of rotatable bonds is 5. The average molecular weight is 256 g/mol. The van der Waals surface area contributed by atoms with Gasteiger partial charge in [0.15, 0.2) is 0 Å². The molecule has 8 heteroatoms. The lowest BCUT2D eigenvalue weighted by molar-refractivity contribution is 0.274. The lowest BCUT2D eigenvalue weighted by Crippen LogP contribution is -2.57. The first-order valence-corrected chi connectivity index (χ1v) is 8.23. The number of hydrogen-bond acceptors (Lipinski definition) is 5. The molecule has 0 radical (unpaired) electrons. The molecular formula is C7H16N2O4S2. The Labute approximate surface area is 90.6 Å². The predicted octanol–water partition coefficient (Wildman–Crippen LogP) is -1.74. The Bertz CT molecular complexity index is 410. The molecule has 0 aromatic rings. The van der Waals surface area contributed by atoms with Crippen molar-refractivity contribution in [1.82, 2.24) is 9.62 Å². The second kappa shape index (κ2) is 4.36. The van der Waals surface area contributed by atoms with E-state index in [-0.39, 0.29) is 17.5 Å². The van der Waals surface area contributed by atoms with Crippen LogP contribution >= 0.6 is 0 Å². The average Bonchev–Trinajstić information content (AvgIpc) is 1.96. The molecule has 0 aliphatic carbocycles. The summed E-state index contributed by atoms with van der Waals surface area (Å²) in [4.78, 5) is 0. The van der Waals surface area contributed by atoms with E-state index in [0.717, 1.165) is 6.26 Å². The van der Waals surface area contributed by atoms with Crippen LogP contribution in [0.4, 0.5) is 0 Å². The van der Waals surface area contributed by atoms with Crippen LogP contribution in [0.3, 0.4) is 0 Å². The van der Waals surface area contributed by atoms with Gasteiger partial charge >= 0.3 is 0 Å². The fourth-order valence-electron chi connectivity index (χ4n) is 1.16. The fourth-order valence-corrected chi connectivity index (χ4v) is 4.10. The highest BCUT2D eigenvalue weighted by Gasteiger charge is 2.30. The van der Waals surface area contributed by atoms with E-state index in [1.165, 1.54) is 11.4 Å². The first-order chi connectivity index (χ1) is 6.72. The van der Waals surface area contributed by atoms with Crippen molar-refractivity contribution in [1.29, 1.82) is 0 Å². The molecule has 0 aromatic carbocycles. The molecule has 0 amide bonds. The molecule has 1 aliphatic heterocycles. The van der Waals surface area contributed by atoms with Crippen molar-refractivity contribution in [3.63, 3.8) is 0 Å². The van der Waals surface area contributed by atoms with Crippen molar-refractivity contribution in [3.8, 4) is 0 Å². The van der Waals surface area contributed by atoms with Gasteiger partial charge in [-0.1, -0.05) is 0 Å². The summed E-state index contributed by atoms with van der Waals surface area (Å²) < 4.78 is 46.3. The number of nitrogens with zero attached hydrogens (tertiary/aromatic N) is 1. The number of hydrogen-bond donors (Lipinski definition) is 1. The molecule has 90 valence electrons. The molecule has 0 unspecified atom stereocenters. The van der Waals surface area contributed by atoms with Gasteiger partial charge in [0.2, 0.25) is 10.0 Å². The monoisotopic (exact) mass is 256 g/mol. The summed E-state index contributed by atoms with van der Waals surface area (Å²) in [6.07, 6.45) is 1.04. The number of nitrogens with one attached hydrogen (secondary N) is 1. The van der Waals surface area contributed by atoms with Crippen LogP contribution in [0.15, 0.2) is 0 Å². The van der Waals surface area contributed by atoms with E-state index in [9.17, 15) is 16.8 Å². The van der Waals surface area contributed by atoms with Crippen LogP contribution in [0.5, 0.6) is 0 Å². The molecule has 1 rings (SSSR count). The zero-order valence-corrected chi connectivity index (χ0v) is 10.4. The molecule has 15 heavy (non-hydrogen) atoms. The van der Waals surface area contributed by atoms with E-state index in [0.29, 0.717) is 13.1 Å². The largest absolute Gasteiger partial charge is 0.313 e. The van der Waals surface area contributed by atoms with Crippen LogP contribution < -0.4 is 5.32 Å². The van der Waals surface area contributed by atoms with E-state index in [2.05, 4.69) is 5.32 Å². The van der Waals surface area contributed by atoms with Gasteiger partial charge in [0, 0.05) is 32.4 Å². The van der Waals surface area contributed by atoms with Gasteiger partial charge in [0.1, 0.15) is 9.84 Å². The van der Waals surface area contributed by atoms with Crippen molar-refractivity contribution >= 4 is 19.9 Å². The molecule has 0 atom stereocenters. The Hall–Kier alpha value is -0.180. The topological polar surface area (TPSA) is 83.6 Å². The number of likely N-dealkylation sites (N-methyl/N-ethyl adjacent to an activating group) is 1. The summed E-state index contributed by atoms with van der Waals surface area (Å²) in [5.74, 6) is -0.654. The summed E-state index contributed by atoms with van der Waals surface area (Å²) in [5, 5.41) is 2.96. The standard InChI is InChI=1S/C7H16N2O4S2/c1-9(7-5-8-6-7)15(12,13)4-3-14(2,10)11/h7-8H,3-6H2,1-2H3. The van der Waals surface area contributed by atoms with Crippen molar-refractivity contribution in [2.75, 3.05) is 37.9 Å². The van der Waals surface area contributed by atoms with Crippen LogP contribution in [0.2, 0.25) is 0 Å². The number of sulfonamides is 1. The van der Waals surface area contributed by atoms with Crippen molar-refractivity contribution in [3.05, 3.63) is 0 Å². The molecule has 1 saturated heterocycles. The zero-order chi connectivity index (χ0) is 11.7. The zero-order valence-electron chi connectivity index (χ0n) is 8.80. The molecule has 1 aliphatic rings. The molecular weight excluding hydrogens is 240 g/mol. The van der Waals surface area contributed by atoms with Crippen LogP contribution in [0.25, 0.3) is 0 Å². The third kappa shape index (κ3) is 3.71. The SMILES string of the molecule is CN(C1CNC1)S(=O)(=O)CCS(C)(=O)=O. The van der Waals surface area contributed by atoms with E-state index < -0.39 is 19.9 Å². The maximum atomic E-state index is 11.6. The van der Waals surface area contributed by atoms with Gasteiger partial charge in [0.25, 0.3) is 0 Å². The van der Waals surface area contributed by atoms with Gasteiger partial charge in [-0.3, -0.25) is 0 Å². The third-order valence-electron chi connectivity index (χ3n) is 2.42. The first-order valence-electron chi connectivity index (χ1n) is 4.56. The highest BCUT2D eigenvalue weighted by Crippen LogP contribution is 2.09. The minimum Gasteiger partial charge on any atom is -0.313 e. The van der Waals surface area contributed by atoms with Crippen LogP contribution in [0.1, 0.15) is 0 Å². The van der Waals surface area contributed by atoms with Crippen LogP contribution in [0, 0.1) is 0 Å². The minimum atomic E-state index is -3.44. The van der Waals surface area contributed by atoms with Gasteiger partial charge in [-0.25, -0.2) is 16.8 Å². The lowest BCUT2D eigenvalue weighted by Gasteiger charge is -2.34. The van der Waals surface area contributed by atoms with Gasteiger partial charge in [-0.05, 0) is 0 Å². The quantitative estimate of drug-likeness (QED) is 0.631. The van der Waals surface area contributed by atoms with E-state index >= 15 is 0 Å². The van der Waals surface area contributed by atoms with Gasteiger partial charge in [0.05, 0.1) is 11.5 Å². The van der Waals surface area contributed by atoms with Crippen molar-refractivity contribution in [2.24, 2.45) is 0 Å². The smallest absolute Gasteiger partial charge is 0.215 e. The van der Waals surface area contributed by atoms with E-state index in [1.807, 2.05) is 0 Å². The second-order valence-corrected chi connectivity index (χ2v) is 8.18. The summed E-state index contributed by atoms with van der Waals surface area (Å²) >= 11 is 0. The number of sulfone groups is 1. The van der Waals surface area contributed by atoms with Gasteiger partial charge in [-0.15, -0.1) is 0 Å². The minimum absolute atomic E-state index is 0.0328. The summed E-state index contributed by atoms with van der Waals surface area (Å²) in [6.45, 7) is 1.27. The molecule has 1 heterocycles. The maximum absolute atomic E-state index is 11.6. The van der Waals surface area contributed by atoms with E-state index in [4.69, 9.17) is 0 Å². The van der Waals surface area contributed by atoms with Crippen LogP contribution in [-0.2, 0) is 19.9 Å². The Morgan fingerprint density at radius 1 is 1.20 bits per heavy atom. The molecule has 0 aromatic heterocycles. The summed E-state index contributed by atoms with van der Waals surface area (Å²) in [5.41, 5.74) is 0. The maximum Gasteiger partial charge on any atom is 0.215 e. The third-order valence-corrected chi connectivity index (χ3v) is 5.52. The van der Waals surface area contributed by atoms with Gasteiger partial charge in [-0.2, -0.15) is 4.31 Å². The normalized spacial score (nSPS) is 19.1. The first kappa shape index (κ1) is 12.9. The predicted molar refractivity (Wildman–Crippen MR) is 57.9 cm³/mol. The van der Waals surface area contributed by atoms with E-state index in [1.54, 1.807) is 0 Å². The van der Waals surface area contributed by atoms with Crippen molar-refractivity contribution in [2.45, 2.75) is 6.04 Å². The molecule has 1 fully saturated rings.